The first-order chi connectivity index (χ1) is 14.5. The summed E-state index contributed by atoms with van der Waals surface area (Å²) in [4.78, 5) is 34.2. The number of nitrogens with zero attached hydrogens (tertiary/aromatic N) is 3. The molecule has 4 saturated carbocycles. The summed E-state index contributed by atoms with van der Waals surface area (Å²) in [6.45, 7) is 5.11. The molecule has 1 aliphatic heterocycles. The molecule has 0 unspecified atom stereocenters. The molecule has 1 atom stereocenters. The molecule has 1 saturated heterocycles. The van der Waals surface area contributed by atoms with Crippen LogP contribution in [0.5, 0.6) is 0 Å². The summed E-state index contributed by atoms with van der Waals surface area (Å²) in [5.41, 5.74) is -0.0728. The molecular weight excluding hydrogens is 378 g/mol. The van der Waals surface area contributed by atoms with E-state index in [1.165, 1.54) is 19.3 Å². The molecule has 3 amide bonds. The van der Waals surface area contributed by atoms with Crippen molar-refractivity contribution in [3.05, 3.63) is 24.4 Å². The average Bonchev–Trinajstić information content (AvgIpc) is 2.72. The van der Waals surface area contributed by atoms with Gasteiger partial charge in [0, 0.05) is 37.9 Å². The Morgan fingerprint density at radius 1 is 1.03 bits per heavy atom. The third-order valence-corrected chi connectivity index (χ3v) is 7.87. The monoisotopic (exact) mass is 411 g/mol. The van der Waals surface area contributed by atoms with Crippen LogP contribution in [0, 0.1) is 17.8 Å². The third kappa shape index (κ3) is 3.92. The van der Waals surface area contributed by atoms with Gasteiger partial charge in [-0.25, -0.2) is 9.78 Å². The van der Waals surface area contributed by atoms with Gasteiger partial charge in [0.15, 0.2) is 0 Å². The molecule has 2 N–H and O–H groups in total. The van der Waals surface area contributed by atoms with Gasteiger partial charge in [0.1, 0.15) is 5.82 Å². The predicted octanol–water partition coefficient (Wildman–Crippen LogP) is 2.39. The van der Waals surface area contributed by atoms with Crippen LogP contribution in [0.4, 0.5) is 10.6 Å². The number of piperazine rings is 1. The van der Waals surface area contributed by atoms with Gasteiger partial charge >= 0.3 is 6.03 Å². The SMILES string of the molecule is C[C@H](C(=O)NC(=O)NC12CC3CC(CC(C3)C1)C2)N1CCN(c2ccccn2)CC1. The van der Waals surface area contributed by atoms with Crippen molar-refractivity contribution in [1.82, 2.24) is 20.5 Å². The molecule has 7 nitrogen and oxygen atoms in total. The smallest absolute Gasteiger partial charge is 0.321 e. The van der Waals surface area contributed by atoms with Crippen LogP contribution in [-0.2, 0) is 4.79 Å². The largest absolute Gasteiger partial charge is 0.354 e. The average molecular weight is 412 g/mol. The van der Waals surface area contributed by atoms with E-state index >= 15 is 0 Å². The molecule has 1 aromatic rings. The molecule has 6 rings (SSSR count). The maximum Gasteiger partial charge on any atom is 0.321 e. The van der Waals surface area contributed by atoms with Gasteiger partial charge in [-0.3, -0.25) is 15.0 Å². The lowest BCUT2D eigenvalue weighted by atomic mass is 9.53. The molecule has 0 aromatic carbocycles. The number of amides is 3. The molecule has 2 heterocycles. The van der Waals surface area contributed by atoms with E-state index in [0.29, 0.717) is 0 Å². The Hall–Kier alpha value is -2.15. The van der Waals surface area contributed by atoms with Crippen molar-refractivity contribution in [2.24, 2.45) is 17.8 Å². The van der Waals surface area contributed by atoms with Gasteiger partial charge in [0.05, 0.1) is 6.04 Å². The molecule has 5 aliphatic rings. The van der Waals surface area contributed by atoms with Crippen LogP contribution >= 0.6 is 0 Å². The molecule has 4 bridgehead atoms. The minimum absolute atomic E-state index is 0.0728. The maximum atomic E-state index is 12.8. The fourth-order valence-corrected chi connectivity index (χ4v) is 6.80. The fraction of sp³-hybridized carbons (Fsp3) is 0.696. The topological polar surface area (TPSA) is 77.6 Å². The second-order valence-electron chi connectivity index (χ2n) is 10.0. The highest BCUT2D eigenvalue weighted by Crippen LogP contribution is 2.55. The summed E-state index contributed by atoms with van der Waals surface area (Å²) < 4.78 is 0. The van der Waals surface area contributed by atoms with Crippen LogP contribution in [0.1, 0.15) is 45.4 Å². The quantitative estimate of drug-likeness (QED) is 0.796. The Morgan fingerprint density at radius 3 is 2.23 bits per heavy atom. The van der Waals surface area contributed by atoms with Crippen LogP contribution in [0.25, 0.3) is 0 Å². The van der Waals surface area contributed by atoms with E-state index in [2.05, 4.69) is 25.4 Å². The second kappa shape index (κ2) is 7.84. The van der Waals surface area contributed by atoms with E-state index < -0.39 is 0 Å². The Kier molecular flexibility index (Phi) is 5.17. The van der Waals surface area contributed by atoms with Crippen LogP contribution in [0.3, 0.4) is 0 Å². The minimum atomic E-state index is -0.321. The van der Waals surface area contributed by atoms with Crippen molar-refractivity contribution in [3.8, 4) is 0 Å². The zero-order valence-electron chi connectivity index (χ0n) is 17.8. The van der Waals surface area contributed by atoms with Crippen molar-refractivity contribution in [2.45, 2.75) is 57.0 Å². The van der Waals surface area contributed by atoms with Gasteiger partial charge in [-0.1, -0.05) is 6.07 Å². The number of anilines is 1. The number of carbonyl (C=O) groups is 2. The number of nitrogens with one attached hydrogen (secondary N) is 2. The first-order valence-corrected chi connectivity index (χ1v) is 11.5. The van der Waals surface area contributed by atoms with Crippen LogP contribution in [0.15, 0.2) is 24.4 Å². The number of rotatable bonds is 4. The van der Waals surface area contributed by atoms with Gasteiger partial charge in [-0.15, -0.1) is 0 Å². The van der Waals surface area contributed by atoms with Crippen molar-refractivity contribution in [2.75, 3.05) is 31.1 Å². The van der Waals surface area contributed by atoms with E-state index in [9.17, 15) is 9.59 Å². The predicted molar refractivity (Wildman–Crippen MR) is 115 cm³/mol. The van der Waals surface area contributed by atoms with Gasteiger partial charge in [-0.05, 0) is 75.3 Å². The highest BCUT2D eigenvalue weighted by Gasteiger charge is 2.51. The van der Waals surface area contributed by atoms with E-state index in [-0.39, 0.29) is 23.5 Å². The van der Waals surface area contributed by atoms with Crippen LogP contribution in [0.2, 0.25) is 0 Å². The second-order valence-corrected chi connectivity index (χ2v) is 10.0. The molecule has 7 heteroatoms. The fourth-order valence-electron chi connectivity index (χ4n) is 6.80. The summed E-state index contributed by atoms with van der Waals surface area (Å²) in [5, 5.41) is 5.87. The molecule has 1 aromatic heterocycles. The number of aromatic nitrogens is 1. The molecule has 0 spiro atoms. The molecule has 5 fully saturated rings. The summed E-state index contributed by atoms with van der Waals surface area (Å²) in [6.07, 6.45) is 9.08. The number of hydrogen-bond acceptors (Lipinski definition) is 5. The van der Waals surface area contributed by atoms with Crippen molar-refractivity contribution in [1.29, 1.82) is 0 Å². The molecule has 4 aliphatic carbocycles. The van der Waals surface area contributed by atoms with Gasteiger partial charge < -0.3 is 10.2 Å². The van der Waals surface area contributed by atoms with Crippen molar-refractivity contribution < 1.29 is 9.59 Å². The summed E-state index contributed by atoms with van der Waals surface area (Å²) in [6, 6.07) is 5.30. The van der Waals surface area contributed by atoms with Crippen molar-refractivity contribution >= 4 is 17.8 Å². The lowest BCUT2D eigenvalue weighted by Gasteiger charge is -2.56. The molecule has 30 heavy (non-hydrogen) atoms. The molecular formula is C23H33N5O2. The molecule has 162 valence electrons. The Morgan fingerprint density at radius 2 is 1.67 bits per heavy atom. The summed E-state index contributed by atoms with van der Waals surface area (Å²) in [7, 11) is 0. The van der Waals surface area contributed by atoms with Gasteiger partial charge in [-0.2, -0.15) is 0 Å². The van der Waals surface area contributed by atoms with Gasteiger partial charge in [0.25, 0.3) is 0 Å². The summed E-state index contributed by atoms with van der Waals surface area (Å²) >= 11 is 0. The normalized spacial score (nSPS) is 33.9. The van der Waals surface area contributed by atoms with E-state index in [1.807, 2.05) is 25.1 Å². The van der Waals surface area contributed by atoms with E-state index in [1.54, 1.807) is 6.20 Å². The summed E-state index contributed by atoms with van der Waals surface area (Å²) in [5.74, 6) is 3.07. The maximum absolute atomic E-state index is 12.8. The first kappa shape index (κ1) is 19.8. The highest BCUT2D eigenvalue weighted by molar-refractivity contribution is 5.97. The number of pyridine rings is 1. The first-order valence-electron chi connectivity index (χ1n) is 11.5. The Labute approximate surface area is 178 Å². The van der Waals surface area contributed by atoms with Crippen LogP contribution in [-0.4, -0.2) is 59.6 Å². The standard InChI is InChI=1S/C23H33N5O2/c1-16(27-6-8-28(9-7-27)20-4-2-3-5-24-20)21(29)25-22(30)26-23-13-17-10-18(14-23)12-19(11-17)15-23/h2-5,16-19H,6-15H2,1H3,(H2,25,26,29,30)/t16-,17?,18?,19?,23?/m1/s1. The number of urea groups is 1. The zero-order chi connectivity index (χ0) is 20.7. The zero-order valence-corrected chi connectivity index (χ0v) is 17.8. The number of imide groups is 1. The Balaban J connectivity index is 1.12. The van der Waals surface area contributed by atoms with E-state index in [0.717, 1.165) is 69.0 Å². The Bertz CT molecular complexity index is 755. The van der Waals surface area contributed by atoms with E-state index in [4.69, 9.17) is 0 Å². The van der Waals surface area contributed by atoms with Crippen LogP contribution < -0.4 is 15.5 Å². The lowest BCUT2D eigenvalue weighted by Crippen LogP contribution is -2.63. The third-order valence-electron chi connectivity index (χ3n) is 7.87. The number of carbonyl (C=O) groups excluding carboxylic acids is 2. The molecule has 0 radical (unpaired) electrons. The minimum Gasteiger partial charge on any atom is -0.354 e. The van der Waals surface area contributed by atoms with Crippen molar-refractivity contribution in [3.63, 3.8) is 0 Å². The number of hydrogen-bond donors (Lipinski definition) is 2. The lowest BCUT2D eigenvalue weighted by molar-refractivity contribution is -0.125. The van der Waals surface area contributed by atoms with Gasteiger partial charge in [0.2, 0.25) is 5.91 Å². The highest BCUT2D eigenvalue weighted by atomic mass is 16.2.